The van der Waals surface area contributed by atoms with Crippen LogP contribution in [0.2, 0.25) is 0 Å². The monoisotopic (exact) mass is 616 g/mol. The molecule has 1 spiro atoms. The number of aliphatic hydroxyl groups is 1. The van der Waals surface area contributed by atoms with Crippen LogP contribution in [0.5, 0.6) is 11.5 Å². The SMILES string of the molecule is O=C(O)C(=O)O.O=[14C](N[C@@H]1CC[C@@]2(O)[C@H]3Cc4ccc(O)c5c4[C@@]2(CCN3CC2CC2)[C@H]1O5)c1ccc(Br)cc1. The number of ether oxygens (including phenoxy) is 1. The lowest BCUT2D eigenvalue weighted by Crippen LogP contribution is -2.78. The van der Waals surface area contributed by atoms with Crippen molar-refractivity contribution in [1.82, 2.24) is 10.2 Å². The van der Waals surface area contributed by atoms with Gasteiger partial charge in [-0.1, -0.05) is 22.0 Å². The second kappa shape index (κ2) is 9.74. The minimum absolute atomic E-state index is 0.0408. The van der Waals surface area contributed by atoms with Gasteiger partial charge in [0.1, 0.15) is 6.10 Å². The van der Waals surface area contributed by atoms with Crippen molar-refractivity contribution in [2.45, 2.75) is 67.7 Å². The summed E-state index contributed by atoms with van der Waals surface area (Å²) in [4.78, 5) is 33.9. The van der Waals surface area contributed by atoms with Gasteiger partial charge < -0.3 is 30.5 Å². The van der Waals surface area contributed by atoms with E-state index in [1.807, 2.05) is 18.2 Å². The van der Waals surface area contributed by atoms with E-state index in [1.165, 1.54) is 18.4 Å². The van der Waals surface area contributed by atoms with E-state index in [9.17, 15) is 15.0 Å². The Morgan fingerprint density at radius 1 is 1.07 bits per heavy atom. The molecule has 10 nitrogen and oxygen atoms in total. The van der Waals surface area contributed by atoms with E-state index in [-0.39, 0.29) is 23.7 Å². The van der Waals surface area contributed by atoms with Crippen molar-refractivity contribution in [3.05, 3.63) is 57.6 Å². The zero-order valence-electron chi connectivity index (χ0n) is 21.7. The van der Waals surface area contributed by atoms with Crippen LogP contribution >= 0.6 is 15.9 Å². The number of carboxylic acid groups (broad SMARTS) is 2. The van der Waals surface area contributed by atoms with Crippen LogP contribution in [0.25, 0.3) is 0 Å². The first-order valence-electron chi connectivity index (χ1n) is 13.6. The van der Waals surface area contributed by atoms with E-state index in [2.05, 4.69) is 26.1 Å². The molecule has 0 unspecified atom stereocenters. The predicted molar refractivity (Wildman–Crippen MR) is 145 cm³/mol. The summed E-state index contributed by atoms with van der Waals surface area (Å²) in [5.74, 6) is -2.39. The average molecular weight is 617 g/mol. The van der Waals surface area contributed by atoms with Crippen molar-refractivity contribution in [3.63, 3.8) is 0 Å². The highest BCUT2D eigenvalue weighted by atomic mass is 79.9. The lowest BCUT2D eigenvalue weighted by atomic mass is 9.48. The van der Waals surface area contributed by atoms with Gasteiger partial charge in [-0.15, -0.1) is 0 Å². The van der Waals surface area contributed by atoms with Gasteiger partial charge in [-0.25, -0.2) is 9.59 Å². The van der Waals surface area contributed by atoms with Crippen molar-refractivity contribution < 1.29 is 39.5 Å². The predicted octanol–water partition coefficient (Wildman–Crippen LogP) is 2.67. The van der Waals surface area contributed by atoms with Crippen LogP contribution in [0.4, 0.5) is 0 Å². The van der Waals surface area contributed by atoms with Crippen LogP contribution in [-0.4, -0.2) is 80.1 Å². The molecule has 212 valence electrons. The average Bonchev–Trinajstić information content (AvgIpc) is 3.66. The molecule has 2 aromatic carbocycles. The topological polar surface area (TPSA) is 157 Å². The fourth-order valence-electron chi connectivity index (χ4n) is 7.48. The smallest absolute Gasteiger partial charge is 0.414 e. The van der Waals surface area contributed by atoms with Crippen LogP contribution in [0.15, 0.2) is 40.9 Å². The lowest BCUT2D eigenvalue weighted by molar-refractivity contribution is -0.191. The maximum Gasteiger partial charge on any atom is 0.414 e. The Kier molecular flexibility index (Phi) is 6.59. The molecule has 0 radical (unpaired) electrons. The number of carbonyl (C=O) groups excluding carboxylic acids is 1. The van der Waals surface area contributed by atoms with Crippen molar-refractivity contribution in [3.8, 4) is 11.5 Å². The quantitative estimate of drug-likeness (QED) is 0.326. The third-order valence-electron chi connectivity index (χ3n) is 9.37. The van der Waals surface area contributed by atoms with Gasteiger partial charge in [0.15, 0.2) is 11.5 Å². The van der Waals surface area contributed by atoms with E-state index < -0.39 is 29.1 Å². The molecule has 1 saturated heterocycles. The van der Waals surface area contributed by atoms with E-state index >= 15 is 0 Å². The molecule has 7 rings (SSSR count). The molecule has 2 saturated carbocycles. The second-order valence-corrected chi connectivity index (χ2v) is 12.4. The zero-order valence-corrected chi connectivity index (χ0v) is 23.3. The number of carbonyl (C=O) groups is 3. The molecule has 3 aliphatic carbocycles. The van der Waals surface area contributed by atoms with E-state index in [4.69, 9.17) is 24.5 Å². The number of rotatable bonds is 4. The maximum atomic E-state index is 13.1. The van der Waals surface area contributed by atoms with E-state index in [1.54, 1.807) is 18.2 Å². The van der Waals surface area contributed by atoms with Crippen molar-refractivity contribution >= 4 is 33.8 Å². The van der Waals surface area contributed by atoms with Crippen LogP contribution in [0, 0.1) is 5.92 Å². The zero-order chi connectivity index (χ0) is 28.4. The molecule has 2 bridgehead atoms. The molecule has 5 aliphatic rings. The molecule has 1 amide bonds. The number of phenolic OH excluding ortho intramolecular Hbond substituents is 1. The van der Waals surface area contributed by atoms with Crippen molar-refractivity contribution in [2.75, 3.05) is 13.1 Å². The molecule has 5 atom stereocenters. The first kappa shape index (κ1) is 27.0. The number of hydrogen-bond acceptors (Lipinski definition) is 7. The number of hydrogen-bond donors (Lipinski definition) is 5. The van der Waals surface area contributed by atoms with Crippen LogP contribution < -0.4 is 10.1 Å². The minimum Gasteiger partial charge on any atom is -0.504 e. The summed E-state index contributed by atoms with van der Waals surface area (Å²) >= 11 is 3.42. The van der Waals surface area contributed by atoms with E-state index in [0.717, 1.165) is 41.9 Å². The van der Waals surface area contributed by atoms with Gasteiger partial charge >= 0.3 is 11.9 Å². The minimum atomic E-state index is -1.82. The summed E-state index contributed by atoms with van der Waals surface area (Å²) in [7, 11) is 0. The molecule has 2 aliphatic heterocycles. The highest BCUT2D eigenvalue weighted by Gasteiger charge is 2.73. The highest BCUT2D eigenvalue weighted by Crippen LogP contribution is 2.65. The lowest BCUT2D eigenvalue weighted by Gasteiger charge is -2.64. The molecule has 40 heavy (non-hydrogen) atoms. The number of amides is 1. The van der Waals surface area contributed by atoms with Crippen LogP contribution in [0.1, 0.15) is 53.6 Å². The number of halogens is 1. The fraction of sp³-hybridized carbons (Fsp3) is 0.483. The number of aromatic hydroxyl groups is 1. The number of nitrogens with one attached hydrogen (secondary N) is 1. The van der Waals surface area contributed by atoms with Crippen molar-refractivity contribution in [2.24, 2.45) is 5.92 Å². The molecular weight excluding hydrogens is 586 g/mol. The summed E-state index contributed by atoms with van der Waals surface area (Å²) in [5.41, 5.74) is 1.21. The Bertz CT molecular complexity index is 1370. The summed E-state index contributed by atoms with van der Waals surface area (Å²) in [6.45, 7) is 1.96. The Balaban J connectivity index is 0.000000438. The summed E-state index contributed by atoms with van der Waals surface area (Å²) < 4.78 is 7.45. The third kappa shape index (κ3) is 4.17. The van der Waals surface area contributed by atoms with Gasteiger partial charge in [0.05, 0.1) is 17.1 Å². The van der Waals surface area contributed by atoms with E-state index in [0.29, 0.717) is 24.2 Å². The van der Waals surface area contributed by atoms with Gasteiger partial charge in [0, 0.05) is 28.2 Å². The first-order chi connectivity index (χ1) is 19.0. The van der Waals surface area contributed by atoms with Gasteiger partial charge in [0.2, 0.25) is 0 Å². The highest BCUT2D eigenvalue weighted by molar-refractivity contribution is 9.10. The number of aliphatic carboxylic acids is 2. The van der Waals surface area contributed by atoms with Crippen molar-refractivity contribution in [1.29, 1.82) is 0 Å². The van der Waals surface area contributed by atoms with Gasteiger partial charge in [0.25, 0.3) is 5.91 Å². The Hall–Kier alpha value is -3.15. The number of benzene rings is 2. The molecule has 2 heterocycles. The summed E-state index contributed by atoms with van der Waals surface area (Å²) in [5, 5.41) is 41.2. The molecular formula is C29H31BrN2O8. The standard InChI is InChI=1S/C27H29BrN2O4.C2H2O4/c28-18-6-3-16(4-7-18)25(32)29-19-9-10-27(33)21-13-17-5-8-20(31)23-22(17)26(27,24(19)34-23)11-12-30(21)14-15-1-2-15;3-1(4)2(5)6/h3-8,15,19,21,24,31,33H,1-2,9-14H2,(H,29,32);(H,3,4)(H,5,6)/t19-,21-,24+,26+,27-;/m1./s1/i25+2;. The number of carboxylic acids is 2. The number of nitrogens with zero attached hydrogens (tertiary/aromatic N) is 1. The molecule has 2 aromatic rings. The number of phenols is 1. The normalized spacial score (nSPS) is 31.2. The largest absolute Gasteiger partial charge is 0.504 e. The Morgan fingerprint density at radius 3 is 2.42 bits per heavy atom. The Labute approximate surface area is 239 Å². The van der Waals surface area contributed by atoms with Gasteiger partial charge in [-0.2, -0.15) is 0 Å². The van der Waals surface area contributed by atoms with Crippen LogP contribution in [-0.2, 0) is 21.4 Å². The fourth-order valence-corrected chi connectivity index (χ4v) is 7.75. The Morgan fingerprint density at radius 2 is 1.77 bits per heavy atom. The van der Waals surface area contributed by atoms with Gasteiger partial charge in [-0.3, -0.25) is 9.69 Å². The molecule has 11 heteroatoms. The first-order valence-corrected chi connectivity index (χ1v) is 14.4. The third-order valence-corrected chi connectivity index (χ3v) is 9.90. The van der Waals surface area contributed by atoms with Gasteiger partial charge in [-0.05, 0) is 86.9 Å². The summed E-state index contributed by atoms with van der Waals surface area (Å²) in [6, 6.07) is 10.9. The second-order valence-electron chi connectivity index (χ2n) is 11.5. The van der Waals surface area contributed by atoms with Crippen LogP contribution in [0.3, 0.4) is 0 Å². The molecule has 0 aromatic heterocycles. The summed E-state index contributed by atoms with van der Waals surface area (Å²) in [6.07, 6.45) is 4.97. The maximum absolute atomic E-state index is 13.1. The number of likely N-dealkylation sites (tertiary alicyclic amines) is 1. The molecule has 3 fully saturated rings. The number of piperidine rings is 1. The molecule has 5 N–H and O–H groups in total.